The monoisotopic (exact) mass is 534 g/mol. The molecule has 0 spiro atoms. The van der Waals surface area contributed by atoms with Crippen molar-refractivity contribution in [1.29, 1.82) is 0 Å². The molecule has 0 heterocycles. The second-order valence-corrected chi connectivity index (χ2v) is 8.12. The molecule has 0 aliphatic rings. The summed E-state index contributed by atoms with van der Waals surface area (Å²) in [7, 11) is 0. The number of benzene rings is 3. The van der Waals surface area contributed by atoms with Gasteiger partial charge in [-0.3, -0.25) is 20.4 Å². The normalized spacial score (nSPS) is 10.5. The van der Waals surface area contributed by atoms with Crippen molar-refractivity contribution in [1.82, 2.24) is 10.9 Å². The number of carbonyl (C=O) groups excluding carboxylic acids is 2. The van der Waals surface area contributed by atoms with Gasteiger partial charge in [0.05, 0.1) is 11.1 Å². The van der Waals surface area contributed by atoms with Crippen molar-refractivity contribution in [3.8, 4) is 11.5 Å². The predicted molar refractivity (Wildman–Crippen MR) is 123 cm³/mol. The van der Waals surface area contributed by atoms with E-state index in [-0.39, 0.29) is 6.61 Å². The van der Waals surface area contributed by atoms with Crippen LogP contribution in [-0.2, 0) is 4.79 Å². The van der Waals surface area contributed by atoms with E-state index in [9.17, 15) is 9.59 Å². The molecule has 30 heavy (non-hydrogen) atoms. The van der Waals surface area contributed by atoms with Crippen molar-refractivity contribution >= 4 is 54.4 Å². The molecule has 2 N–H and O–H groups in total. The van der Waals surface area contributed by atoms with Gasteiger partial charge in [-0.15, -0.1) is 0 Å². The molecule has 0 bridgehead atoms. The molecule has 6 nitrogen and oxygen atoms in total. The SMILES string of the molecule is CCCOc1ccc(C(=O)NNC(=O)COc2ccc3cc(Br)ccc3c2Br)cc1. The maximum Gasteiger partial charge on any atom is 0.276 e. The topological polar surface area (TPSA) is 76.7 Å². The fourth-order valence-electron chi connectivity index (χ4n) is 2.65. The van der Waals surface area contributed by atoms with E-state index >= 15 is 0 Å². The van der Waals surface area contributed by atoms with E-state index in [1.807, 2.05) is 31.2 Å². The largest absolute Gasteiger partial charge is 0.494 e. The van der Waals surface area contributed by atoms with Crippen molar-refractivity contribution in [2.24, 2.45) is 0 Å². The van der Waals surface area contributed by atoms with Crippen LogP contribution in [0.1, 0.15) is 23.7 Å². The number of fused-ring (bicyclic) bond motifs is 1. The van der Waals surface area contributed by atoms with Crippen molar-refractivity contribution in [2.75, 3.05) is 13.2 Å². The number of ether oxygens (including phenoxy) is 2. The summed E-state index contributed by atoms with van der Waals surface area (Å²) in [6, 6.07) is 16.3. The predicted octanol–water partition coefficient (Wildman–Crippen LogP) is 4.99. The summed E-state index contributed by atoms with van der Waals surface area (Å²) >= 11 is 6.96. The Morgan fingerprint density at radius 2 is 1.70 bits per heavy atom. The van der Waals surface area contributed by atoms with E-state index in [2.05, 4.69) is 42.7 Å². The lowest BCUT2D eigenvalue weighted by molar-refractivity contribution is -0.123. The average Bonchev–Trinajstić information content (AvgIpc) is 2.75. The van der Waals surface area contributed by atoms with E-state index in [0.29, 0.717) is 23.7 Å². The Hall–Kier alpha value is -2.58. The maximum atomic E-state index is 12.2. The van der Waals surface area contributed by atoms with Gasteiger partial charge >= 0.3 is 0 Å². The molecule has 3 aromatic rings. The third-order valence-electron chi connectivity index (χ3n) is 4.14. The molecule has 156 valence electrons. The maximum absolute atomic E-state index is 12.2. The van der Waals surface area contributed by atoms with Crippen LogP contribution in [0, 0.1) is 0 Å². The Balaban J connectivity index is 1.51. The Kier molecular flexibility index (Phi) is 7.70. The minimum absolute atomic E-state index is 0.245. The number of carbonyl (C=O) groups is 2. The van der Waals surface area contributed by atoms with Gasteiger partial charge in [0.25, 0.3) is 11.8 Å². The zero-order valence-corrected chi connectivity index (χ0v) is 19.4. The van der Waals surface area contributed by atoms with Crippen LogP contribution in [0.25, 0.3) is 10.8 Å². The van der Waals surface area contributed by atoms with Crippen LogP contribution in [0.5, 0.6) is 11.5 Å². The first-order chi connectivity index (χ1) is 14.5. The van der Waals surface area contributed by atoms with E-state index in [0.717, 1.165) is 26.1 Å². The molecule has 0 aliphatic heterocycles. The number of hydrogen-bond acceptors (Lipinski definition) is 4. The van der Waals surface area contributed by atoms with Gasteiger partial charge in [-0.2, -0.15) is 0 Å². The molecule has 0 unspecified atom stereocenters. The molecule has 0 aromatic heterocycles. The van der Waals surface area contributed by atoms with Gasteiger partial charge in [0.2, 0.25) is 0 Å². The van der Waals surface area contributed by atoms with E-state index in [4.69, 9.17) is 9.47 Å². The number of nitrogens with one attached hydrogen (secondary N) is 2. The van der Waals surface area contributed by atoms with Gasteiger partial charge < -0.3 is 9.47 Å². The summed E-state index contributed by atoms with van der Waals surface area (Å²) in [6.07, 6.45) is 0.907. The summed E-state index contributed by atoms with van der Waals surface area (Å²) in [4.78, 5) is 24.2. The Bertz CT molecular complexity index is 1050. The third-order valence-corrected chi connectivity index (χ3v) is 5.46. The number of amides is 2. The van der Waals surface area contributed by atoms with E-state index in [1.54, 1.807) is 30.3 Å². The highest BCUT2D eigenvalue weighted by atomic mass is 79.9. The molecule has 0 saturated heterocycles. The molecule has 0 aliphatic carbocycles. The Labute approximate surface area is 191 Å². The summed E-state index contributed by atoms with van der Waals surface area (Å²) in [5.74, 6) is 0.324. The lowest BCUT2D eigenvalue weighted by atomic mass is 10.1. The fourth-order valence-corrected chi connectivity index (χ4v) is 3.64. The average molecular weight is 536 g/mol. The van der Waals surface area contributed by atoms with Gasteiger partial charge in [0, 0.05) is 10.0 Å². The Morgan fingerprint density at radius 1 is 0.933 bits per heavy atom. The van der Waals surface area contributed by atoms with Gasteiger partial charge in [-0.25, -0.2) is 0 Å². The zero-order valence-electron chi connectivity index (χ0n) is 16.2. The summed E-state index contributed by atoms with van der Waals surface area (Å²) < 4.78 is 12.8. The van der Waals surface area contributed by atoms with Crippen LogP contribution in [-0.4, -0.2) is 25.0 Å². The molecular formula is C22H20Br2N2O4. The van der Waals surface area contributed by atoms with E-state index in [1.165, 1.54) is 0 Å². The molecule has 8 heteroatoms. The molecule has 0 saturated carbocycles. The lowest BCUT2D eigenvalue weighted by Crippen LogP contribution is -2.43. The van der Waals surface area contributed by atoms with Crippen LogP contribution in [0.3, 0.4) is 0 Å². The second-order valence-electron chi connectivity index (χ2n) is 6.41. The van der Waals surface area contributed by atoms with Gasteiger partial charge in [-0.05, 0) is 75.6 Å². The van der Waals surface area contributed by atoms with Gasteiger partial charge in [0.15, 0.2) is 6.61 Å². The van der Waals surface area contributed by atoms with Gasteiger partial charge in [0.1, 0.15) is 11.5 Å². The molecule has 0 radical (unpaired) electrons. The van der Waals surface area contributed by atoms with Crippen LogP contribution >= 0.6 is 31.9 Å². The first-order valence-corrected chi connectivity index (χ1v) is 10.9. The Morgan fingerprint density at radius 3 is 2.43 bits per heavy atom. The quantitative estimate of drug-likeness (QED) is 0.418. The number of halogens is 2. The number of hydrogen-bond donors (Lipinski definition) is 2. The number of hydrazine groups is 1. The van der Waals surface area contributed by atoms with E-state index < -0.39 is 11.8 Å². The smallest absolute Gasteiger partial charge is 0.276 e. The van der Waals surface area contributed by atoms with Crippen LogP contribution in [0.15, 0.2) is 63.5 Å². The summed E-state index contributed by atoms with van der Waals surface area (Å²) in [5.41, 5.74) is 5.13. The minimum Gasteiger partial charge on any atom is -0.494 e. The standard InChI is InChI=1S/C22H20Br2N2O4/c1-2-11-29-17-7-3-14(4-8-17)22(28)26-25-20(27)13-30-19-10-5-15-12-16(23)6-9-18(15)21(19)24/h3-10,12H,2,11,13H2,1H3,(H,25,27)(H,26,28). The summed E-state index contributed by atoms with van der Waals surface area (Å²) in [6.45, 7) is 2.39. The lowest BCUT2D eigenvalue weighted by Gasteiger charge is -2.12. The molecule has 2 amide bonds. The second kappa shape index (κ2) is 10.4. The van der Waals surface area contributed by atoms with Crippen LogP contribution < -0.4 is 20.3 Å². The van der Waals surface area contributed by atoms with Crippen molar-refractivity contribution in [3.05, 3.63) is 69.1 Å². The summed E-state index contributed by atoms with van der Waals surface area (Å²) in [5, 5.41) is 2.00. The van der Waals surface area contributed by atoms with Crippen molar-refractivity contribution in [3.63, 3.8) is 0 Å². The highest BCUT2D eigenvalue weighted by molar-refractivity contribution is 9.11. The molecule has 0 fully saturated rings. The first-order valence-electron chi connectivity index (χ1n) is 9.30. The molecule has 3 rings (SSSR count). The van der Waals surface area contributed by atoms with Crippen LogP contribution in [0.2, 0.25) is 0 Å². The minimum atomic E-state index is -0.478. The van der Waals surface area contributed by atoms with Gasteiger partial charge in [-0.1, -0.05) is 35.0 Å². The molecule has 0 atom stereocenters. The fraction of sp³-hybridized carbons (Fsp3) is 0.182. The van der Waals surface area contributed by atoms with Crippen molar-refractivity contribution in [2.45, 2.75) is 13.3 Å². The highest BCUT2D eigenvalue weighted by Gasteiger charge is 2.11. The first kappa shape index (κ1) is 22.1. The van der Waals surface area contributed by atoms with Crippen LogP contribution in [0.4, 0.5) is 0 Å². The zero-order chi connectivity index (χ0) is 21.5. The number of rotatable bonds is 7. The molecular weight excluding hydrogens is 516 g/mol. The van der Waals surface area contributed by atoms with Crippen molar-refractivity contribution < 1.29 is 19.1 Å². The highest BCUT2D eigenvalue weighted by Crippen LogP contribution is 2.34. The third kappa shape index (κ3) is 5.73. The molecule has 3 aromatic carbocycles.